The monoisotopic (exact) mass is 250 g/mol. The van der Waals surface area contributed by atoms with Crippen molar-refractivity contribution >= 4 is 11.6 Å². The van der Waals surface area contributed by atoms with Crippen LogP contribution in [-0.2, 0) is 4.79 Å². The molecule has 1 aromatic rings. The molecular formula is C14H22N2O2. The minimum Gasteiger partial charge on any atom is -0.495 e. The third kappa shape index (κ3) is 4.65. The van der Waals surface area contributed by atoms with Crippen LogP contribution in [0.25, 0.3) is 0 Å². The second-order valence-electron chi connectivity index (χ2n) is 4.31. The molecule has 0 radical (unpaired) electrons. The highest BCUT2D eigenvalue weighted by Crippen LogP contribution is 2.22. The van der Waals surface area contributed by atoms with Crippen molar-refractivity contribution in [1.29, 1.82) is 0 Å². The Kier molecular flexibility index (Phi) is 6.05. The molecular weight excluding hydrogens is 228 g/mol. The van der Waals surface area contributed by atoms with Crippen molar-refractivity contribution in [2.24, 2.45) is 0 Å². The molecule has 100 valence electrons. The Morgan fingerprint density at radius 3 is 2.78 bits per heavy atom. The van der Waals surface area contributed by atoms with E-state index in [0.717, 1.165) is 24.3 Å². The highest BCUT2D eigenvalue weighted by molar-refractivity contribution is 5.81. The number of ether oxygens (including phenoxy) is 1. The van der Waals surface area contributed by atoms with Crippen LogP contribution in [0.5, 0.6) is 5.75 Å². The average Bonchev–Trinajstić information content (AvgIpc) is 2.37. The van der Waals surface area contributed by atoms with Crippen LogP contribution in [0.4, 0.5) is 5.69 Å². The van der Waals surface area contributed by atoms with E-state index < -0.39 is 0 Å². The third-order valence-electron chi connectivity index (χ3n) is 2.68. The maximum atomic E-state index is 11.7. The molecule has 0 spiro atoms. The predicted molar refractivity (Wildman–Crippen MR) is 74.0 cm³/mol. The summed E-state index contributed by atoms with van der Waals surface area (Å²) < 4.78 is 5.20. The third-order valence-corrected chi connectivity index (χ3v) is 2.68. The number of benzene rings is 1. The molecule has 0 fully saturated rings. The molecule has 0 aliphatic carbocycles. The zero-order valence-electron chi connectivity index (χ0n) is 11.3. The van der Waals surface area contributed by atoms with E-state index in [9.17, 15) is 4.79 Å². The van der Waals surface area contributed by atoms with Gasteiger partial charge >= 0.3 is 0 Å². The lowest BCUT2D eigenvalue weighted by Gasteiger charge is -2.14. The molecule has 2 N–H and O–H groups in total. The Morgan fingerprint density at radius 2 is 2.11 bits per heavy atom. The number of carbonyl (C=O) groups is 1. The van der Waals surface area contributed by atoms with E-state index in [4.69, 9.17) is 4.74 Å². The molecule has 0 saturated heterocycles. The second kappa shape index (κ2) is 7.58. The normalized spacial score (nSPS) is 11.7. The fourth-order valence-corrected chi connectivity index (χ4v) is 1.80. The minimum atomic E-state index is 0.00172. The topological polar surface area (TPSA) is 50.4 Å². The van der Waals surface area contributed by atoms with Crippen LogP contribution >= 0.6 is 0 Å². The van der Waals surface area contributed by atoms with Crippen LogP contribution in [0.3, 0.4) is 0 Å². The second-order valence-corrected chi connectivity index (χ2v) is 4.31. The van der Waals surface area contributed by atoms with E-state index in [1.165, 1.54) is 0 Å². The number of hydrogen-bond donors (Lipinski definition) is 2. The maximum absolute atomic E-state index is 11.7. The molecule has 1 aromatic carbocycles. The molecule has 1 amide bonds. The molecule has 1 unspecified atom stereocenters. The summed E-state index contributed by atoms with van der Waals surface area (Å²) in [7, 11) is 1.61. The van der Waals surface area contributed by atoms with E-state index in [-0.39, 0.29) is 18.5 Å². The first-order valence-electron chi connectivity index (χ1n) is 6.33. The van der Waals surface area contributed by atoms with Gasteiger partial charge in [0.1, 0.15) is 5.75 Å². The standard InChI is InChI=1S/C14H22N2O2/c1-4-7-11(2)16-14(17)10-15-12-8-5-6-9-13(12)18-3/h5-6,8-9,11,15H,4,7,10H2,1-3H3,(H,16,17). The van der Waals surface area contributed by atoms with Crippen LogP contribution in [0, 0.1) is 0 Å². The summed E-state index contributed by atoms with van der Waals surface area (Å²) in [5, 5.41) is 6.02. The van der Waals surface area contributed by atoms with Gasteiger partial charge in [0, 0.05) is 6.04 Å². The molecule has 0 aromatic heterocycles. The lowest BCUT2D eigenvalue weighted by molar-refractivity contribution is -0.120. The van der Waals surface area contributed by atoms with Crippen LogP contribution in [0.15, 0.2) is 24.3 Å². The van der Waals surface area contributed by atoms with Crippen molar-refractivity contribution in [3.05, 3.63) is 24.3 Å². The van der Waals surface area contributed by atoms with Crippen LogP contribution in [-0.4, -0.2) is 25.6 Å². The Hall–Kier alpha value is -1.71. The number of methoxy groups -OCH3 is 1. The molecule has 1 atom stereocenters. The van der Waals surface area contributed by atoms with E-state index >= 15 is 0 Å². The van der Waals surface area contributed by atoms with Crippen molar-refractivity contribution in [3.8, 4) is 5.75 Å². The summed E-state index contributed by atoms with van der Waals surface area (Å²) in [6.45, 7) is 4.38. The van der Waals surface area contributed by atoms with Gasteiger partial charge in [-0.05, 0) is 25.5 Å². The Morgan fingerprint density at radius 1 is 1.39 bits per heavy atom. The number of amides is 1. The molecule has 0 bridgehead atoms. The Labute approximate surface area is 109 Å². The number of para-hydroxylation sites is 2. The molecule has 0 aliphatic rings. The lowest BCUT2D eigenvalue weighted by Crippen LogP contribution is -2.36. The van der Waals surface area contributed by atoms with Gasteiger partial charge in [-0.25, -0.2) is 0 Å². The lowest BCUT2D eigenvalue weighted by atomic mass is 10.2. The number of anilines is 1. The smallest absolute Gasteiger partial charge is 0.239 e. The van der Waals surface area contributed by atoms with Crippen LogP contribution in [0.2, 0.25) is 0 Å². The molecule has 18 heavy (non-hydrogen) atoms. The zero-order valence-corrected chi connectivity index (χ0v) is 11.3. The van der Waals surface area contributed by atoms with Gasteiger partial charge in [0.25, 0.3) is 0 Å². The van der Waals surface area contributed by atoms with Gasteiger partial charge in [0.15, 0.2) is 0 Å². The number of nitrogens with one attached hydrogen (secondary N) is 2. The maximum Gasteiger partial charge on any atom is 0.239 e. The van der Waals surface area contributed by atoms with Crippen molar-refractivity contribution in [1.82, 2.24) is 5.32 Å². The quantitative estimate of drug-likeness (QED) is 0.781. The molecule has 4 nitrogen and oxygen atoms in total. The fraction of sp³-hybridized carbons (Fsp3) is 0.500. The van der Waals surface area contributed by atoms with E-state index in [1.54, 1.807) is 7.11 Å². The highest BCUT2D eigenvalue weighted by atomic mass is 16.5. The van der Waals surface area contributed by atoms with E-state index in [2.05, 4.69) is 17.6 Å². The molecule has 1 rings (SSSR count). The molecule has 0 saturated carbocycles. The predicted octanol–water partition coefficient (Wildman–Crippen LogP) is 2.41. The average molecular weight is 250 g/mol. The molecule has 0 aliphatic heterocycles. The minimum absolute atomic E-state index is 0.00172. The Bertz CT molecular complexity index is 380. The van der Waals surface area contributed by atoms with Gasteiger partial charge in [-0.3, -0.25) is 4.79 Å². The summed E-state index contributed by atoms with van der Waals surface area (Å²) in [5.74, 6) is 0.744. The largest absolute Gasteiger partial charge is 0.495 e. The number of rotatable bonds is 7. The zero-order chi connectivity index (χ0) is 13.4. The van der Waals surface area contributed by atoms with Gasteiger partial charge < -0.3 is 15.4 Å². The summed E-state index contributed by atoms with van der Waals surface area (Å²) >= 11 is 0. The highest BCUT2D eigenvalue weighted by Gasteiger charge is 2.07. The van der Waals surface area contributed by atoms with Crippen molar-refractivity contribution < 1.29 is 9.53 Å². The molecule has 4 heteroatoms. The summed E-state index contributed by atoms with van der Waals surface area (Å²) in [6, 6.07) is 7.78. The fourth-order valence-electron chi connectivity index (χ4n) is 1.80. The Balaban J connectivity index is 2.42. The first-order chi connectivity index (χ1) is 8.67. The molecule has 0 heterocycles. The SMILES string of the molecule is CCCC(C)NC(=O)CNc1ccccc1OC. The van der Waals surface area contributed by atoms with Crippen molar-refractivity contribution in [3.63, 3.8) is 0 Å². The van der Waals surface area contributed by atoms with Gasteiger partial charge in [-0.2, -0.15) is 0 Å². The summed E-state index contributed by atoms with van der Waals surface area (Å²) in [4.78, 5) is 11.7. The first-order valence-corrected chi connectivity index (χ1v) is 6.33. The summed E-state index contributed by atoms with van der Waals surface area (Å²) in [5.41, 5.74) is 0.832. The van der Waals surface area contributed by atoms with Gasteiger partial charge in [0.2, 0.25) is 5.91 Å². The number of carbonyl (C=O) groups excluding carboxylic acids is 1. The van der Waals surface area contributed by atoms with Gasteiger partial charge in [0.05, 0.1) is 19.3 Å². The van der Waals surface area contributed by atoms with Crippen LogP contribution < -0.4 is 15.4 Å². The van der Waals surface area contributed by atoms with Gasteiger partial charge in [-0.15, -0.1) is 0 Å². The number of hydrogen-bond acceptors (Lipinski definition) is 3. The van der Waals surface area contributed by atoms with Gasteiger partial charge in [-0.1, -0.05) is 25.5 Å². The van der Waals surface area contributed by atoms with Crippen LogP contribution in [0.1, 0.15) is 26.7 Å². The first kappa shape index (κ1) is 14.4. The van der Waals surface area contributed by atoms with Crippen molar-refractivity contribution in [2.45, 2.75) is 32.7 Å². The van der Waals surface area contributed by atoms with Crippen molar-refractivity contribution in [2.75, 3.05) is 19.0 Å². The van der Waals surface area contributed by atoms with E-state index in [1.807, 2.05) is 31.2 Å². The van der Waals surface area contributed by atoms with E-state index in [0.29, 0.717) is 0 Å². The summed E-state index contributed by atoms with van der Waals surface area (Å²) in [6.07, 6.45) is 2.07.